The Morgan fingerprint density at radius 1 is 1.40 bits per heavy atom. The van der Waals surface area contributed by atoms with Crippen molar-refractivity contribution in [3.05, 3.63) is 39.7 Å². The molecule has 2 aromatic heterocycles. The Labute approximate surface area is 151 Å². The minimum absolute atomic E-state index is 0.0327. The lowest BCUT2D eigenvalue weighted by atomic mass is 10.2. The quantitative estimate of drug-likeness (QED) is 0.858. The van der Waals surface area contributed by atoms with Crippen LogP contribution in [0.1, 0.15) is 29.0 Å². The van der Waals surface area contributed by atoms with Gasteiger partial charge in [0.05, 0.1) is 11.7 Å². The maximum Gasteiger partial charge on any atom is 0.315 e. The first-order valence-corrected chi connectivity index (χ1v) is 9.19. The summed E-state index contributed by atoms with van der Waals surface area (Å²) in [7, 11) is 1.75. The maximum absolute atomic E-state index is 12.6. The van der Waals surface area contributed by atoms with E-state index in [1.54, 1.807) is 28.0 Å². The first-order valence-electron chi connectivity index (χ1n) is 8.31. The third-order valence-corrected chi connectivity index (χ3v) is 5.37. The van der Waals surface area contributed by atoms with Crippen molar-refractivity contribution in [1.29, 1.82) is 0 Å². The third kappa shape index (κ3) is 3.66. The van der Waals surface area contributed by atoms with Crippen molar-refractivity contribution < 1.29 is 9.59 Å². The average Bonchev–Trinajstić information content (AvgIpc) is 3.30. The van der Waals surface area contributed by atoms with Crippen LogP contribution in [0.4, 0.5) is 5.82 Å². The Kier molecular flexibility index (Phi) is 5.03. The zero-order valence-corrected chi connectivity index (χ0v) is 15.5. The van der Waals surface area contributed by atoms with Crippen molar-refractivity contribution in [3.63, 3.8) is 0 Å². The highest BCUT2D eigenvalue weighted by Gasteiger charge is 2.31. The van der Waals surface area contributed by atoms with E-state index < -0.39 is 11.8 Å². The molecule has 2 aromatic rings. The summed E-state index contributed by atoms with van der Waals surface area (Å²) >= 11 is 1.65. The number of nitrogens with one attached hydrogen (secondary N) is 1. The number of aromatic nitrogens is 2. The standard InChI is InChI=1S/C18H22N4O2S/c1-12-13(2)20-21(3)16(12)19-17(23)18(24)22-10-4-6-14(22)8-9-15-7-5-11-25-15/h5,7-9,11,14H,4,6,10H2,1-3H3,(H,19,23)/b9-8+. The number of amides is 2. The van der Waals surface area contributed by atoms with Crippen LogP contribution in [-0.4, -0.2) is 39.1 Å². The van der Waals surface area contributed by atoms with Gasteiger partial charge in [-0.3, -0.25) is 14.3 Å². The number of carbonyl (C=O) groups excluding carboxylic acids is 2. The second-order valence-corrected chi connectivity index (χ2v) is 7.20. The molecule has 3 rings (SSSR count). The van der Waals surface area contributed by atoms with Crippen molar-refractivity contribution >= 4 is 35.0 Å². The molecule has 0 aliphatic carbocycles. The minimum Gasteiger partial charge on any atom is -0.328 e. The molecule has 1 fully saturated rings. The molecule has 0 aromatic carbocycles. The first kappa shape index (κ1) is 17.4. The van der Waals surface area contributed by atoms with E-state index in [4.69, 9.17) is 0 Å². The number of anilines is 1. The summed E-state index contributed by atoms with van der Waals surface area (Å²) in [6.07, 6.45) is 5.82. The van der Waals surface area contributed by atoms with Crippen LogP contribution in [0.2, 0.25) is 0 Å². The molecule has 25 heavy (non-hydrogen) atoms. The Bertz CT molecular complexity index is 807. The molecule has 0 spiro atoms. The van der Waals surface area contributed by atoms with Crippen LogP contribution in [0.15, 0.2) is 23.6 Å². The lowest BCUT2D eigenvalue weighted by Gasteiger charge is -2.21. The maximum atomic E-state index is 12.6. The van der Waals surface area contributed by atoms with Crippen molar-refractivity contribution in [3.8, 4) is 0 Å². The summed E-state index contributed by atoms with van der Waals surface area (Å²) in [6, 6.07) is 3.99. The highest BCUT2D eigenvalue weighted by Crippen LogP contribution is 2.22. The first-order chi connectivity index (χ1) is 12.0. The van der Waals surface area contributed by atoms with E-state index in [-0.39, 0.29) is 6.04 Å². The van der Waals surface area contributed by atoms with Gasteiger partial charge in [0.1, 0.15) is 5.82 Å². The summed E-state index contributed by atoms with van der Waals surface area (Å²) in [6.45, 7) is 4.36. The van der Waals surface area contributed by atoms with Crippen molar-refractivity contribution in [2.24, 2.45) is 7.05 Å². The molecule has 3 heterocycles. The van der Waals surface area contributed by atoms with Crippen LogP contribution in [0.25, 0.3) is 6.08 Å². The van der Waals surface area contributed by atoms with E-state index in [1.165, 1.54) is 0 Å². The van der Waals surface area contributed by atoms with E-state index >= 15 is 0 Å². The average molecular weight is 358 g/mol. The van der Waals surface area contributed by atoms with Crippen LogP contribution in [-0.2, 0) is 16.6 Å². The molecule has 0 bridgehead atoms. The van der Waals surface area contributed by atoms with Gasteiger partial charge in [-0.05, 0) is 44.2 Å². The van der Waals surface area contributed by atoms with E-state index in [1.807, 2.05) is 43.5 Å². The van der Waals surface area contributed by atoms with E-state index in [2.05, 4.69) is 10.4 Å². The number of hydrogen-bond acceptors (Lipinski definition) is 4. The highest BCUT2D eigenvalue weighted by atomic mass is 32.1. The lowest BCUT2D eigenvalue weighted by molar-refractivity contribution is -0.143. The van der Waals surface area contributed by atoms with E-state index in [0.717, 1.165) is 29.0 Å². The summed E-state index contributed by atoms with van der Waals surface area (Å²) < 4.78 is 1.59. The topological polar surface area (TPSA) is 67.2 Å². The van der Waals surface area contributed by atoms with Crippen LogP contribution in [0.3, 0.4) is 0 Å². The summed E-state index contributed by atoms with van der Waals surface area (Å²) in [5.41, 5.74) is 1.71. The van der Waals surface area contributed by atoms with Crippen LogP contribution in [0.5, 0.6) is 0 Å². The zero-order chi connectivity index (χ0) is 18.0. The summed E-state index contributed by atoms with van der Waals surface area (Å²) in [5.74, 6) is -0.528. The van der Waals surface area contributed by atoms with Crippen molar-refractivity contribution in [1.82, 2.24) is 14.7 Å². The monoisotopic (exact) mass is 358 g/mol. The van der Waals surface area contributed by atoms with Gasteiger partial charge in [0.15, 0.2) is 0 Å². The van der Waals surface area contributed by atoms with Gasteiger partial charge >= 0.3 is 11.8 Å². The Balaban J connectivity index is 1.69. The largest absolute Gasteiger partial charge is 0.328 e. The van der Waals surface area contributed by atoms with Gasteiger partial charge in [0, 0.05) is 24.0 Å². The number of thiophene rings is 1. The van der Waals surface area contributed by atoms with Gasteiger partial charge in [-0.1, -0.05) is 12.1 Å². The van der Waals surface area contributed by atoms with Gasteiger partial charge in [-0.15, -0.1) is 11.3 Å². The molecule has 0 radical (unpaired) electrons. The fraction of sp³-hybridized carbons (Fsp3) is 0.389. The van der Waals surface area contributed by atoms with Gasteiger partial charge in [-0.25, -0.2) is 0 Å². The van der Waals surface area contributed by atoms with Crippen LogP contribution >= 0.6 is 11.3 Å². The molecular formula is C18H22N4O2S. The van der Waals surface area contributed by atoms with Gasteiger partial charge in [-0.2, -0.15) is 5.10 Å². The Morgan fingerprint density at radius 2 is 2.20 bits per heavy atom. The summed E-state index contributed by atoms with van der Waals surface area (Å²) in [5, 5.41) is 8.99. The number of likely N-dealkylation sites (tertiary alicyclic amines) is 1. The molecule has 132 valence electrons. The number of carbonyl (C=O) groups is 2. The highest BCUT2D eigenvalue weighted by molar-refractivity contribution is 7.10. The molecule has 6 nitrogen and oxygen atoms in total. The molecular weight excluding hydrogens is 336 g/mol. The van der Waals surface area contributed by atoms with Gasteiger partial charge < -0.3 is 10.2 Å². The number of nitrogens with zero attached hydrogens (tertiary/aromatic N) is 3. The van der Waals surface area contributed by atoms with Crippen molar-refractivity contribution in [2.45, 2.75) is 32.7 Å². The molecule has 1 unspecified atom stereocenters. The second kappa shape index (κ2) is 7.23. The molecule has 1 N–H and O–H groups in total. The van der Waals surface area contributed by atoms with Gasteiger partial charge in [0.2, 0.25) is 0 Å². The lowest BCUT2D eigenvalue weighted by Crippen LogP contribution is -2.42. The van der Waals surface area contributed by atoms with E-state index in [0.29, 0.717) is 12.4 Å². The third-order valence-electron chi connectivity index (χ3n) is 4.53. The molecule has 1 aliphatic heterocycles. The SMILES string of the molecule is Cc1nn(C)c(NC(=O)C(=O)N2CCCC2/C=C/c2cccs2)c1C. The predicted molar refractivity (Wildman–Crippen MR) is 99.4 cm³/mol. The van der Waals surface area contributed by atoms with Crippen molar-refractivity contribution in [2.75, 3.05) is 11.9 Å². The Morgan fingerprint density at radius 3 is 2.84 bits per heavy atom. The normalized spacial score (nSPS) is 17.4. The molecule has 2 amide bonds. The number of hydrogen-bond donors (Lipinski definition) is 1. The number of rotatable bonds is 3. The van der Waals surface area contributed by atoms with Crippen LogP contribution in [0, 0.1) is 13.8 Å². The number of aryl methyl sites for hydroxylation is 2. The predicted octanol–water partition coefficient (Wildman–Crippen LogP) is 2.74. The fourth-order valence-electron chi connectivity index (χ4n) is 3.07. The molecule has 7 heteroatoms. The molecule has 1 saturated heterocycles. The summed E-state index contributed by atoms with van der Waals surface area (Å²) in [4.78, 5) is 27.8. The molecule has 0 saturated carbocycles. The van der Waals surface area contributed by atoms with Gasteiger partial charge in [0.25, 0.3) is 0 Å². The van der Waals surface area contributed by atoms with Crippen LogP contribution < -0.4 is 5.32 Å². The zero-order valence-electron chi connectivity index (χ0n) is 14.7. The Hall–Kier alpha value is -2.41. The molecule has 1 aliphatic rings. The minimum atomic E-state index is -0.609. The van der Waals surface area contributed by atoms with E-state index in [9.17, 15) is 9.59 Å². The smallest absolute Gasteiger partial charge is 0.315 e. The fourth-order valence-corrected chi connectivity index (χ4v) is 3.70. The molecule has 1 atom stereocenters. The second-order valence-electron chi connectivity index (χ2n) is 6.22.